The SMILES string of the molecule is C=CCn1c2nc(C)c3c(c2c(=O)n1-c1ccccc1)CC[C@H](c1ccccc1)C3. The van der Waals surface area contributed by atoms with Crippen LogP contribution in [0.2, 0.25) is 0 Å². The van der Waals surface area contributed by atoms with Crippen molar-refractivity contribution in [2.75, 3.05) is 0 Å². The van der Waals surface area contributed by atoms with E-state index in [9.17, 15) is 4.79 Å². The predicted molar refractivity (Wildman–Crippen MR) is 121 cm³/mol. The molecule has 0 unspecified atom stereocenters. The molecule has 0 radical (unpaired) electrons. The fraction of sp³-hybridized carbons (Fsp3) is 0.231. The van der Waals surface area contributed by atoms with E-state index in [1.165, 1.54) is 16.7 Å². The van der Waals surface area contributed by atoms with Gasteiger partial charge in [-0.1, -0.05) is 54.6 Å². The van der Waals surface area contributed by atoms with E-state index in [2.05, 4.69) is 43.8 Å². The van der Waals surface area contributed by atoms with E-state index in [0.717, 1.165) is 41.7 Å². The molecule has 0 aliphatic heterocycles. The van der Waals surface area contributed by atoms with Gasteiger partial charge in [-0.15, -0.1) is 6.58 Å². The Morgan fingerprint density at radius 3 is 2.47 bits per heavy atom. The Balaban J connectivity index is 1.72. The van der Waals surface area contributed by atoms with Gasteiger partial charge in [-0.3, -0.25) is 9.48 Å². The maximum Gasteiger partial charge on any atom is 0.281 e. The molecular formula is C26H25N3O. The number of allylic oxidation sites excluding steroid dienone is 1. The van der Waals surface area contributed by atoms with Gasteiger partial charge in [0, 0.05) is 5.69 Å². The van der Waals surface area contributed by atoms with Gasteiger partial charge in [0.2, 0.25) is 0 Å². The summed E-state index contributed by atoms with van der Waals surface area (Å²) in [5, 5.41) is 0.771. The highest BCUT2D eigenvalue weighted by Crippen LogP contribution is 2.36. The van der Waals surface area contributed by atoms with Gasteiger partial charge in [0.05, 0.1) is 17.6 Å². The summed E-state index contributed by atoms with van der Waals surface area (Å²) < 4.78 is 3.71. The fourth-order valence-corrected chi connectivity index (χ4v) is 4.85. The van der Waals surface area contributed by atoms with Gasteiger partial charge in [-0.05, 0) is 60.9 Å². The van der Waals surface area contributed by atoms with Crippen molar-refractivity contribution < 1.29 is 0 Å². The van der Waals surface area contributed by atoms with Crippen molar-refractivity contribution in [1.29, 1.82) is 0 Å². The molecule has 0 saturated carbocycles. The summed E-state index contributed by atoms with van der Waals surface area (Å²) in [7, 11) is 0. The highest BCUT2D eigenvalue weighted by atomic mass is 16.1. The molecule has 4 nitrogen and oxygen atoms in total. The number of hydrogen-bond donors (Lipinski definition) is 0. The Hall–Kier alpha value is -3.40. The standard InChI is InChI=1S/C26H25N3O/c1-3-16-28-25-24(26(30)29(28)21-12-8-5-9-13-21)22-15-14-20(17-23(22)18(2)27-25)19-10-6-4-7-11-19/h3-13,20H,1,14-17H2,2H3/t20-/m0/s1. The van der Waals surface area contributed by atoms with Gasteiger partial charge in [0.25, 0.3) is 5.56 Å². The van der Waals surface area contributed by atoms with Crippen LogP contribution in [-0.2, 0) is 19.4 Å². The van der Waals surface area contributed by atoms with Gasteiger partial charge in [-0.2, -0.15) is 0 Å². The van der Waals surface area contributed by atoms with Crippen LogP contribution in [-0.4, -0.2) is 14.3 Å². The van der Waals surface area contributed by atoms with Gasteiger partial charge >= 0.3 is 0 Å². The Labute approximate surface area is 176 Å². The second kappa shape index (κ2) is 7.45. The lowest BCUT2D eigenvalue weighted by Crippen LogP contribution is -2.21. The van der Waals surface area contributed by atoms with Crippen LogP contribution >= 0.6 is 0 Å². The third-order valence-corrected chi connectivity index (χ3v) is 6.26. The van der Waals surface area contributed by atoms with Crippen LogP contribution in [0.5, 0.6) is 0 Å². The van der Waals surface area contributed by atoms with Gasteiger partial charge in [0.15, 0.2) is 5.65 Å². The van der Waals surface area contributed by atoms with E-state index < -0.39 is 0 Å². The van der Waals surface area contributed by atoms with Crippen LogP contribution in [0.3, 0.4) is 0 Å². The molecule has 0 spiro atoms. The predicted octanol–water partition coefficient (Wildman–Crippen LogP) is 4.95. The minimum Gasteiger partial charge on any atom is -0.267 e. The highest BCUT2D eigenvalue weighted by Gasteiger charge is 2.28. The Kier molecular flexibility index (Phi) is 4.62. The lowest BCUT2D eigenvalue weighted by Gasteiger charge is -2.26. The second-order valence-electron chi connectivity index (χ2n) is 8.03. The molecular weight excluding hydrogens is 370 g/mol. The van der Waals surface area contributed by atoms with Crippen molar-refractivity contribution in [2.24, 2.45) is 0 Å². The van der Waals surface area contributed by atoms with Crippen molar-refractivity contribution in [3.05, 3.63) is 106 Å². The van der Waals surface area contributed by atoms with E-state index in [1.807, 2.05) is 41.1 Å². The quantitative estimate of drug-likeness (QED) is 0.459. The van der Waals surface area contributed by atoms with Crippen LogP contribution < -0.4 is 5.56 Å². The Bertz CT molecular complexity index is 1280. The van der Waals surface area contributed by atoms with Crippen LogP contribution in [0.4, 0.5) is 0 Å². The monoisotopic (exact) mass is 395 g/mol. The number of para-hydroxylation sites is 1. The molecule has 0 fully saturated rings. The zero-order valence-electron chi connectivity index (χ0n) is 17.2. The minimum absolute atomic E-state index is 0.0139. The maximum atomic E-state index is 13.6. The number of fused-ring (bicyclic) bond motifs is 3. The molecule has 2 aromatic heterocycles. The molecule has 4 heteroatoms. The topological polar surface area (TPSA) is 39.8 Å². The first-order chi connectivity index (χ1) is 14.7. The number of pyridine rings is 1. The summed E-state index contributed by atoms with van der Waals surface area (Å²) in [6.45, 7) is 6.51. The first-order valence-electron chi connectivity index (χ1n) is 10.5. The third-order valence-electron chi connectivity index (χ3n) is 6.26. The molecule has 0 bridgehead atoms. The number of aryl methyl sites for hydroxylation is 2. The molecule has 30 heavy (non-hydrogen) atoms. The smallest absolute Gasteiger partial charge is 0.267 e. The molecule has 0 saturated heterocycles. The normalized spacial score (nSPS) is 15.8. The Morgan fingerprint density at radius 2 is 1.77 bits per heavy atom. The number of hydrogen-bond acceptors (Lipinski definition) is 2. The molecule has 2 heterocycles. The molecule has 5 rings (SSSR count). The lowest BCUT2D eigenvalue weighted by molar-refractivity contribution is 0.582. The number of rotatable bonds is 4. The lowest BCUT2D eigenvalue weighted by atomic mass is 9.79. The summed E-state index contributed by atoms with van der Waals surface area (Å²) in [4.78, 5) is 18.6. The van der Waals surface area contributed by atoms with Crippen molar-refractivity contribution in [3.63, 3.8) is 0 Å². The maximum absolute atomic E-state index is 13.6. The average Bonchev–Trinajstić information content (AvgIpc) is 3.06. The van der Waals surface area contributed by atoms with E-state index in [1.54, 1.807) is 4.68 Å². The van der Waals surface area contributed by atoms with E-state index in [0.29, 0.717) is 12.5 Å². The third kappa shape index (κ3) is 2.91. The highest BCUT2D eigenvalue weighted by molar-refractivity contribution is 5.81. The van der Waals surface area contributed by atoms with Crippen molar-refractivity contribution >= 4 is 11.0 Å². The Morgan fingerprint density at radius 1 is 1.07 bits per heavy atom. The molecule has 0 amide bonds. The summed E-state index contributed by atoms with van der Waals surface area (Å²) in [5.41, 5.74) is 6.46. The van der Waals surface area contributed by atoms with Crippen molar-refractivity contribution in [2.45, 2.75) is 38.6 Å². The number of nitrogens with zero attached hydrogens (tertiary/aromatic N) is 3. The fourth-order valence-electron chi connectivity index (χ4n) is 4.85. The zero-order chi connectivity index (χ0) is 20.7. The molecule has 0 N–H and O–H groups in total. The zero-order valence-corrected chi connectivity index (χ0v) is 17.2. The average molecular weight is 396 g/mol. The van der Waals surface area contributed by atoms with Gasteiger partial charge in [0.1, 0.15) is 0 Å². The minimum atomic E-state index is 0.0139. The second-order valence-corrected chi connectivity index (χ2v) is 8.03. The van der Waals surface area contributed by atoms with E-state index in [4.69, 9.17) is 4.98 Å². The van der Waals surface area contributed by atoms with Crippen molar-refractivity contribution in [3.8, 4) is 5.69 Å². The first kappa shape index (κ1) is 18.6. The molecule has 1 aliphatic carbocycles. The molecule has 1 aliphatic rings. The van der Waals surface area contributed by atoms with Crippen LogP contribution in [0, 0.1) is 6.92 Å². The van der Waals surface area contributed by atoms with Crippen LogP contribution in [0.25, 0.3) is 16.7 Å². The molecule has 1 atom stereocenters. The first-order valence-corrected chi connectivity index (χ1v) is 10.5. The molecule has 150 valence electrons. The summed E-state index contributed by atoms with van der Waals surface area (Å²) >= 11 is 0. The van der Waals surface area contributed by atoms with Gasteiger partial charge < -0.3 is 0 Å². The number of benzene rings is 2. The van der Waals surface area contributed by atoms with Crippen molar-refractivity contribution in [1.82, 2.24) is 14.3 Å². The summed E-state index contributed by atoms with van der Waals surface area (Å²) in [6, 6.07) is 20.5. The summed E-state index contributed by atoms with van der Waals surface area (Å²) in [5.74, 6) is 0.475. The largest absolute Gasteiger partial charge is 0.281 e. The summed E-state index contributed by atoms with van der Waals surface area (Å²) in [6.07, 6.45) is 4.70. The molecule has 2 aromatic carbocycles. The number of aromatic nitrogens is 3. The van der Waals surface area contributed by atoms with E-state index in [-0.39, 0.29) is 5.56 Å². The van der Waals surface area contributed by atoms with Crippen LogP contribution in [0.1, 0.15) is 34.7 Å². The van der Waals surface area contributed by atoms with Gasteiger partial charge in [-0.25, -0.2) is 9.67 Å². The molecule has 4 aromatic rings. The van der Waals surface area contributed by atoms with E-state index >= 15 is 0 Å². The van der Waals surface area contributed by atoms with Crippen LogP contribution in [0.15, 0.2) is 78.1 Å².